The van der Waals surface area contributed by atoms with E-state index < -0.39 is 40.8 Å². The Morgan fingerprint density at radius 2 is 1.98 bits per heavy atom. The molecular formula is C31H28Cl3F2N5O5S. The highest BCUT2D eigenvalue weighted by Gasteiger charge is 2.40. The van der Waals surface area contributed by atoms with E-state index in [1.165, 1.54) is 24.1 Å². The van der Waals surface area contributed by atoms with Crippen molar-refractivity contribution in [3.63, 3.8) is 0 Å². The summed E-state index contributed by atoms with van der Waals surface area (Å²) in [5.41, 5.74) is -0.648. The number of H-pyrrole nitrogens is 1. The zero-order valence-electron chi connectivity index (χ0n) is 25.1. The molecule has 248 valence electrons. The number of ether oxygens (including phenoxy) is 1. The number of aliphatic hydroxyl groups is 1. The summed E-state index contributed by atoms with van der Waals surface area (Å²) in [6.07, 6.45) is 0.569. The normalized spacial score (nSPS) is 16.4. The number of hydrogen-bond donors (Lipinski definition) is 2. The smallest absolute Gasteiger partial charge is 0.362 e. The molecule has 1 unspecified atom stereocenters. The first kappa shape index (κ1) is 34.8. The van der Waals surface area contributed by atoms with Crippen LogP contribution in [0.15, 0.2) is 44.9 Å². The molecule has 16 heteroatoms. The van der Waals surface area contributed by atoms with Crippen LogP contribution in [0.4, 0.5) is 19.3 Å². The van der Waals surface area contributed by atoms with Crippen LogP contribution < -0.4 is 15.2 Å². The van der Waals surface area contributed by atoms with Crippen molar-refractivity contribution in [3.05, 3.63) is 78.7 Å². The van der Waals surface area contributed by atoms with Crippen molar-refractivity contribution < 1.29 is 28.2 Å². The molecular weight excluding hydrogens is 699 g/mol. The second-order valence-electron chi connectivity index (χ2n) is 10.8. The van der Waals surface area contributed by atoms with Gasteiger partial charge in [0.05, 0.1) is 48.0 Å². The van der Waals surface area contributed by atoms with Gasteiger partial charge in [0.2, 0.25) is 0 Å². The number of nitriles is 1. The van der Waals surface area contributed by atoms with Crippen molar-refractivity contribution in [2.24, 2.45) is 0 Å². The van der Waals surface area contributed by atoms with Crippen LogP contribution in [0, 0.1) is 11.3 Å². The monoisotopic (exact) mass is 725 g/mol. The number of halogens is 5. The van der Waals surface area contributed by atoms with Gasteiger partial charge in [-0.3, -0.25) is 14.5 Å². The Labute approximate surface area is 287 Å². The summed E-state index contributed by atoms with van der Waals surface area (Å²) in [6.45, 7) is 2.97. The number of alkyl halides is 3. The first-order valence-corrected chi connectivity index (χ1v) is 16.3. The molecule has 2 aliphatic heterocycles. The van der Waals surface area contributed by atoms with Gasteiger partial charge in [0.15, 0.2) is 0 Å². The van der Waals surface area contributed by atoms with Crippen molar-refractivity contribution in [3.8, 4) is 11.8 Å². The van der Waals surface area contributed by atoms with Gasteiger partial charge in [0.25, 0.3) is 11.5 Å². The molecule has 1 saturated heterocycles. The van der Waals surface area contributed by atoms with Gasteiger partial charge in [-0.2, -0.15) is 14.0 Å². The number of nitrogens with one attached hydrogen (secondary N) is 1. The second-order valence-corrected chi connectivity index (χ2v) is 13.1. The Bertz CT molecular complexity index is 1850. The number of carbonyl (C=O) groups is 2. The molecule has 1 atom stereocenters. The minimum Gasteiger partial charge on any atom is -0.495 e. The number of nitrogens with zero attached hydrogens (tertiary/aromatic N) is 4. The van der Waals surface area contributed by atoms with E-state index in [0.717, 1.165) is 12.5 Å². The van der Waals surface area contributed by atoms with Crippen LogP contribution in [-0.4, -0.2) is 58.6 Å². The number of pyridine rings is 1. The summed E-state index contributed by atoms with van der Waals surface area (Å²) in [4.78, 5) is 47.5. The molecule has 0 bridgehead atoms. The number of rotatable bonds is 9. The third-order valence-electron chi connectivity index (χ3n) is 8.07. The Kier molecular flexibility index (Phi) is 10.3. The first-order valence-electron chi connectivity index (χ1n) is 14.4. The number of benzene rings is 2. The number of hydrogen-bond acceptors (Lipinski definition) is 7. The van der Waals surface area contributed by atoms with Crippen LogP contribution in [0.1, 0.15) is 58.5 Å². The van der Waals surface area contributed by atoms with Crippen LogP contribution >= 0.6 is 46.6 Å². The molecule has 0 saturated carbocycles. The molecule has 3 aromatic rings. The Morgan fingerprint density at radius 3 is 2.62 bits per heavy atom. The van der Waals surface area contributed by atoms with Crippen molar-refractivity contribution in [1.29, 1.82) is 5.26 Å². The average Bonchev–Trinajstić information content (AvgIpc) is 3.39. The van der Waals surface area contributed by atoms with Crippen LogP contribution in [-0.2, 0) is 18.5 Å². The first-order chi connectivity index (χ1) is 22.3. The molecule has 5 rings (SSSR count). The predicted octanol–water partition coefficient (Wildman–Crippen LogP) is 6.88. The van der Waals surface area contributed by atoms with Gasteiger partial charge < -0.3 is 24.6 Å². The van der Waals surface area contributed by atoms with Gasteiger partial charge in [-0.25, -0.2) is 4.79 Å². The van der Waals surface area contributed by atoms with Crippen molar-refractivity contribution in [2.45, 2.75) is 54.1 Å². The summed E-state index contributed by atoms with van der Waals surface area (Å²) < 4.78 is 34.2. The minimum atomic E-state index is -3.99. The van der Waals surface area contributed by atoms with Gasteiger partial charge in [-0.1, -0.05) is 41.0 Å². The van der Waals surface area contributed by atoms with Gasteiger partial charge >= 0.3 is 11.4 Å². The molecule has 2 aliphatic rings. The highest BCUT2D eigenvalue weighted by atomic mass is 35.5. The molecule has 1 fully saturated rings. The van der Waals surface area contributed by atoms with Crippen LogP contribution in [0.5, 0.6) is 5.75 Å². The van der Waals surface area contributed by atoms with Gasteiger partial charge in [-0.05, 0) is 65.9 Å². The molecule has 0 spiro atoms. The van der Waals surface area contributed by atoms with E-state index >= 15 is 0 Å². The lowest BCUT2D eigenvalue weighted by Crippen LogP contribution is -2.49. The van der Waals surface area contributed by atoms with Crippen LogP contribution in [0.3, 0.4) is 0 Å². The summed E-state index contributed by atoms with van der Waals surface area (Å²) >= 11 is 18.8. The zero-order valence-corrected chi connectivity index (χ0v) is 28.2. The fraction of sp³-hybridized carbons (Fsp3) is 0.355. The van der Waals surface area contributed by atoms with Gasteiger partial charge in [-0.15, -0.1) is 0 Å². The molecule has 0 radical (unpaired) electrons. The summed E-state index contributed by atoms with van der Waals surface area (Å²) in [6, 6.07) is 8.24. The maximum atomic E-state index is 14.3. The highest BCUT2D eigenvalue weighted by molar-refractivity contribution is 7.99. The lowest BCUT2D eigenvalue weighted by Gasteiger charge is -2.35. The zero-order chi connectivity index (χ0) is 34.2. The summed E-state index contributed by atoms with van der Waals surface area (Å²) in [7, 11) is 1.45. The number of amides is 3. The summed E-state index contributed by atoms with van der Waals surface area (Å²) in [5.74, 6) is -0.491. The van der Waals surface area contributed by atoms with Gasteiger partial charge in [0.1, 0.15) is 17.0 Å². The second kappa shape index (κ2) is 13.9. The Balaban J connectivity index is 1.61. The van der Waals surface area contributed by atoms with E-state index in [4.69, 9.17) is 39.5 Å². The highest BCUT2D eigenvalue weighted by Crippen LogP contribution is 2.46. The number of urea groups is 1. The summed E-state index contributed by atoms with van der Waals surface area (Å²) in [5, 5.41) is 15.5. The number of anilines is 1. The molecule has 2 N–H and O–H groups in total. The van der Waals surface area contributed by atoms with Crippen LogP contribution in [0.2, 0.25) is 10.0 Å². The van der Waals surface area contributed by atoms with Gasteiger partial charge in [0, 0.05) is 36.0 Å². The number of methoxy groups -OCH3 is 1. The van der Waals surface area contributed by atoms with Crippen LogP contribution in [0.25, 0.3) is 0 Å². The number of aromatic nitrogens is 1. The van der Waals surface area contributed by atoms with E-state index in [1.54, 1.807) is 21.9 Å². The lowest BCUT2D eigenvalue weighted by molar-refractivity contribution is 0.0684. The number of aliphatic hydroxyl groups excluding tert-OH is 1. The Morgan fingerprint density at radius 1 is 1.23 bits per heavy atom. The van der Waals surface area contributed by atoms with E-state index in [9.17, 15) is 33.5 Å². The maximum absolute atomic E-state index is 14.3. The van der Waals surface area contributed by atoms with E-state index in [1.807, 2.05) is 11.9 Å². The topological polar surface area (TPSA) is 130 Å². The number of aromatic amines is 1. The Hall–Kier alpha value is -3.54. The number of carbonyl (C=O) groups excluding carboxylic acids is 2. The fourth-order valence-corrected chi connectivity index (χ4v) is 7.57. The third-order valence-corrected chi connectivity index (χ3v) is 10.4. The quantitative estimate of drug-likeness (QED) is 0.230. The van der Waals surface area contributed by atoms with E-state index in [-0.39, 0.29) is 44.4 Å². The molecule has 2 aromatic carbocycles. The SMILES string of the molecule is CCN1CCCN(c2cc3c(cc2OC)C(CC#N)N(C(=O)c2c(Sc4c(Cl)ccc(CO)c4Cl)cc(C(F)(F)Cl)[nH]c2=O)C3)C1=O. The van der Waals surface area contributed by atoms with Crippen molar-refractivity contribution >= 4 is 64.2 Å². The molecule has 1 aromatic heterocycles. The van der Waals surface area contributed by atoms with E-state index in [2.05, 4.69) is 6.07 Å². The minimum absolute atomic E-state index is 0.00678. The number of fused-ring (bicyclic) bond motifs is 1. The predicted molar refractivity (Wildman–Crippen MR) is 174 cm³/mol. The lowest BCUT2D eigenvalue weighted by atomic mass is 10.0. The molecule has 47 heavy (non-hydrogen) atoms. The largest absolute Gasteiger partial charge is 0.495 e. The standard InChI is InChI=1S/C31H28Cl3F2N5O5S/c1-3-39-9-4-10-40(30(39)45)21-11-17-14-41(20(7-8-37)18(17)12-22(21)46-2)29(44)25-23(13-24(31(34,35)36)38-28(25)43)47-27-19(32)6-5-16(15-42)26(27)33/h5-6,11-13,20,42H,3-4,7,9-10,14-15H2,1-2H3,(H,38,43). The molecule has 10 nitrogen and oxygen atoms in total. The van der Waals surface area contributed by atoms with Crippen molar-refractivity contribution in [2.75, 3.05) is 31.6 Å². The fourth-order valence-electron chi connectivity index (χ4n) is 5.74. The molecule has 0 aliphatic carbocycles. The van der Waals surface area contributed by atoms with E-state index in [0.29, 0.717) is 54.0 Å². The van der Waals surface area contributed by atoms with Crippen molar-refractivity contribution in [1.82, 2.24) is 14.8 Å². The third kappa shape index (κ3) is 6.62. The average molecular weight is 727 g/mol. The molecule has 3 heterocycles. The molecule has 3 amide bonds. The maximum Gasteiger partial charge on any atom is 0.362 e.